The first-order valence-corrected chi connectivity index (χ1v) is 5.97. The third-order valence-electron chi connectivity index (χ3n) is 2.67. The van der Waals surface area contributed by atoms with Crippen molar-refractivity contribution in [2.24, 2.45) is 0 Å². The first-order valence-electron chi connectivity index (χ1n) is 5.97. The van der Waals surface area contributed by atoms with Gasteiger partial charge in [0.05, 0.1) is 6.42 Å². The molecule has 0 radical (unpaired) electrons. The highest BCUT2D eigenvalue weighted by Gasteiger charge is 2.24. The number of halogens is 3. The zero-order chi connectivity index (χ0) is 14.6. The van der Waals surface area contributed by atoms with E-state index in [4.69, 9.17) is 0 Å². The number of alkyl halides is 3. The number of allylic oxidation sites excluding steroid dienone is 2. The minimum absolute atomic E-state index is 0.360. The molecule has 0 aliphatic heterocycles. The van der Waals surface area contributed by atoms with Crippen LogP contribution in [0.25, 0.3) is 5.69 Å². The fourth-order valence-corrected chi connectivity index (χ4v) is 1.70. The molecule has 0 fully saturated rings. The van der Waals surface area contributed by atoms with Crippen LogP contribution in [0.3, 0.4) is 0 Å². The van der Waals surface area contributed by atoms with Crippen LogP contribution in [-0.4, -0.2) is 16.5 Å². The fourth-order valence-electron chi connectivity index (χ4n) is 1.70. The summed E-state index contributed by atoms with van der Waals surface area (Å²) in [5.41, 5.74) is 1.24. The van der Waals surface area contributed by atoms with Gasteiger partial charge in [-0.2, -0.15) is 13.2 Å². The van der Waals surface area contributed by atoms with Crippen molar-refractivity contribution in [3.05, 3.63) is 66.5 Å². The highest BCUT2D eigenvalue weighted by molar-refractivity contribution is 6.04. The van der Waals surface area contributed by atoms with Crippen LogP contribution in [0.1, 0.15) is 16.8 Å². The van der Waals surface area contributed by atoms with Gasteiger partial charge in [0.15, 0.2) is 5.78 Å². The molecule has 1 heterocycles. The second-order valence-corrected chi connectivity index (χ2v) is 4.22. The molecule has 2 nitrogen and oxygen atoms in total. The van der Waals surface area contributed by atoms with Gasteiger partial charge in [0.2, 0.25) is 0 Å². The van der Waals surface area contributed by atoms with Crippen molar-refractivity contribution in [1.82, 2.24) is 4.57 Å². The molecule has 0 amide bonds. The monoisotopic (exact) mass is 279 g/mol. The second-order valence-electron chi connectivity index (χ2n) is 4.22. The van der Waals surface area contributed by atoms with Crippen LogP contribution in [0, 0.1) is 0 Å². The molecule has 20 heavy (non-hydrogen) atoms. The lowest BCUT2D eigenvalue weighted by Gasteiger charge is -2.03. The summed E-state index contributed by atoms with van der Waals surface area (Å²) in [4.78, 5) is 11.7. The molecular formula is C15H12F3NO. The average molecular weight is 279 g/mol. The van der Waals surface area contributed by atoms with Crippen molar-refractivity contribution in [3.8, 4) is 5.69 Å². The first kappa shape index (κ1) is 14.1. The normalized spacial score (nSPS) is 11.9. The topological polar surface area (TPSA) is 22.0 Å². The Hall–Kier alpha value is -2.30. The second kappa shape index (κ2) is 5.77. The summed E-state index contributed by atoms with van der Waals surface area (Å²) in [6.07, 6.45) is 0.135. The minimum atomic E-state index is -4.28. The number of carbonyl (C=O) groups is 1. The Morgan fingerprint density at radius 1 is 1.10 bits per heavy atom. The van der Waals surface area contributed by atoms with E-state index in [1.807, 2.05) is 29.1 Å². The molecule has 0 aliphatic rings. The van der Waals surface area contributed by atoms with Gasteiger partial charge in [0.25, 0.3) is 0 Å². The summed E-state index contributed by atoms with van der Waals surface area (Å²) in [7, 11) is 0. The van der Waals surface area contributed by atoms with Crippen molar-refractivity contribution < 1.29 is 18.0 Å². The van der Waals surface area contributed by atoms with Gasteiger partial charge in [-0.25, -0.2) is 0 Å². The third-order valence-corrected chi connectivity index (χ3v) is 2.67. The molecule has 0 N–H and O–H groups in total. The van der Waals surface area contributed by atoms with Gasteiger partial charge in [0.1, 0.15) is 0 Å². The Labute approximate surface area is 114 Å². The number of nitrogens with zero attached hydrogens (tertiary/aromatic N) is 1. The predicted molar refractivity (Wildman–Crippen MR) is 69.9 cm³/mol. The zero-order valence-electron chi connectivity index (χ0n) is 10.5. The number of hydrogen-bond donors (Lipinski definition) is 0. The lowest BCUT2D eigenvalue weighted by Crippen LogP contribution is -2.05. The molecule has 0 aliphatic carbocycles. The van der Waals surface area contributed by atoms with Crippen LogP contribution in [0.5, 0.6) is 0 Å². The average Bonchev–Trinajstić information content (AvgIpc) is 2.91. The Bertz CT molecular complexity index is 595. The number of aromatic nitrogens is 1. The number of ketones is 1. The first-order chi connectivity index (χ1) is 9.46. The fraction of sp³-hybridized carbons (Fsp3) is 0.133. The molecule has 0 bridgehead atoms. The predicted octanol–water partition coefficient (Wildman–Crippen LogP) is 4.17. The van der Waals surface area contributed by atoms with E-state index in [0.717, 1.165) is 17.8 Å². The van der Waals surface area contributed by atoms with Gasteiger partial charge in [-0.05, 0) is 42.5 Å². The summed E-state index contributed by atoms with van der Waals surface area (Å²) in [5.74, 6) is -0.437. The van der Waals surface area contributed by atoms with E-state index in [1.54, 1.807) is 24.3 Å². The molecule has 2 rings (SSSR count). The van der Waals surface area contributed by atoms with Gasteiger partial charge < -0.3 is 4.57 Å². The summed E-state index contributed by atoms with van der Waals surface area (Å²) in [6, 6.07) is 10.4. The van der Waals surface area contributed by atoms with Crippen molar-refractivity contribution in [3.63, 3.8) is 0 Å². The molecule has 1 aromatic heterocycles. The van der Waals surface area contributed by atoms with Crippen molar-refractivity contribution >= 4 is 5.78 Å². The van der Waals surface area contributed by atoms with Crippen LogP contribution in [0.15, 0.2) is 60.9 Å². The van der Waals surface area contributed by atoms with Crippen LogP contribution < -0.4 is 0 Å². The largest absolute Gasteiger partial charge is 0.392 e. The SMILES string of the molecule is O=C(/C=C/CC(F)(F)F)c1ccc(-n2cccc2)cc1. The molecule has 2 aromatic rings. The Kier molecular flexibility index (Phi) is 4.08. The van der Waals surface area contributed by atoms with Crippen molar-refractivity contribution in [2.45, 2.75) is 12.6 Å². The third kappa shape index (κ3) is 3.85. The van der Waals surface area contributed by atoms with Crippen LogP contribution in [-0.2, 0) is 0 Å². The van der Waals surface area contributed by atoms with E-state index in [0.29, 0.717) is 5.56 Å². The molecule has 0 atom stereocenters. The Balaban J connectivity index is 2.05. The summed E-state index contributed by atoms with van der Waals surface area (Å²) in [6.45, 7) is 0. The molecule has 0 unspecified atom stereocenters. The maximum absolute atomic E-state index is 12.0. The van der Waals surface area contributed by atoms with Crippen molar-refractivity contribution in [1.29, 1.82) is 0 Å². The van der Waals surface area contributed by atoms with E-state index in [9.17, 15) is 18.0 Å². The van der Waals surface area contributed by atoms with Gasteiger partial charge in [-0.3, -0.25) is 4.79 Å². The quantitative estimate of drug-likeness (QED) is 0.608. The van der Waals surface area contributed by atoms with E-state index in [1.165, 1.54) is 0 Å². The number of benzene rings is 1. The lowest BCUT2D eigenvalue weighted by molar-refractivity contribution is -0.125. The maximum Gasteiger partial charge on any atom is 0.392 e. The Morgan fingerprint density at radius 3 is 2.25 bits per heavy atom. The molecule has 0 saturated heterocycles. The molecule has 0 spiro atoms. The van der Waals surface area contributed by atoms with Gasteiger partial charge in [-0.15, -0.1) is 0 Å². The molecule has 5 heteroatoms. The number of carbonyl (C=O) groups excluding carboxylic acids is 1. The van der Waals surface area contributed by atoms with Crippen LogP contribution in [0.4, 0.5) is 13.2 Å². The zero-order valence-corrected chi connectivity index (χ0v) is 10.5. The molecular weight excluding hydrogens is 267 g/mol. The highest BCUT2D eigenvalue weighted by atomic mass is 19.4. The van der Waals surface area contributed by atoms with Gasteiger partial charge in [-0.1, -0.05) is 6.08 Å². The highest BCUT2D eigenvalue weighted by Crippen LogP contribution is 2.20. The maximum atomic E-state index is 12.0. The molecule has 104 valence electrons. The van der Waals surface area contributed by atoms with E-state index < -0.39 is 18.4 Å². The molecule has 0 saturated carbocycles. The van der Waals surface area contributed by atoms with Gasteiger partial charge >= 0.3 is 6.18 Å². The van der Waals surface area contributed by atoms with E-state index >= 15 is 0 Å². The van der Waals surface area contributed by atoms with Gasteiger partial charge in [0, 0.05) is 23.6 Å². The lowest BCUT2D eigenvalue weighted by atomic mass is 10.1. The number of hydrogen-bond acceptors (Lipinski definition) is 1. The summed E-state index contributed by atoms with van der Waals surface area (Å²) in [5, 5.41) is 0. The Morgan fingerprint density at radius 2 is 1.70 bits per heavy atom. The summed E-state index contributed by atoms with van der Waals surface area (Å²) < 4.78 is 37.7. The van der Waals surface area contributed by atoms with Crippen molar-refractivity contribution in [2.75, 3.05) is 0 Å². The standard InChI is InChI=1S/C15H12F3NO/c16-15(17,18)9-3-4-14(20)12-5-7-13(8-6-12)19-10-1-2-11-19/h1-8,10-11H,9H2/b4-3+. The van der Waals surface area contributed by atoms with Crippen LogP contribution in [0.2, 0.25) is 0 Å². The molecule has 1 aromatic carbocycles. The number of rotatable bonds is 4. The van der Waals surface area contributed by atoms with E-state index in [2.05, 4.69) is 0 Å². The smallest absolute Gasteiger partial charge is 0.324 e. The van der Waals surface area contributed by atoms with Crippen LogP contribution >= 0.6 is 0 Å². The minimum Gasteiger partial charge on any atom is -0.324 e. The summed E-state index contributed by atoms with van der Waals surface area (Å²) >= 11 is 0. The van der Waals surface area contributed by atoms with E-state index in [-0.39, 0.29) is 0 Å².